The first-order chi connectivity index (χ1) is 10.2. The zero-order chi connectivity index (χ0) is 15.5. The number of ether oxygens (including phenoxy) is 2. The van der Waals surface area contributed by atoms with Crippen molar-refractivity contribution < 1.29 is 18.7 Å². The van der Waals surface area contributed by atoms with E-state index in [0.717, 1.165) is 13.1 Å². The predicted molar refractivity (Wildman–Crippen MR) is 78.6 cm³/mol. The van der Waals surface area contributed by atoms with E-state index in [1.165, 1.54) is 0 Å². The van der Waals surface area contributed by atoms with Gasteiger partial charge in [0.05, 0.1) is 19.8 Å². The van der Waals surface area contributed by atoms with E-state index >= 15 is 0 Å². The minimum atomic E-state index is -0.434. The average molecular weight is 299 g/mol. The van der Waals surface area contributed by atoms with Crippen molar-refractivity contribution in [2.24, 2.45) is 5.84 Å². The third-order valence-corrected chi connectivity index (χ3v) is 2.91. The van der Waals surface area contributed by atoms with Gasteiger partial charge in [-0.15, -0.1) is 0 Å². The van der Waals surface area contributed by atoms with Gasteiger partial charge in [-0.2, -0.15) is 0 Å². The standard InChI is InChI=1S/C14H25N3O4/c1-3-19-9-7-17(8-10-20-4-2)11-12-5-6-13(21-12)14(18)16-15/h5-6H,3-4,7-11,15H2,1-2H3,(H,16,18). The lowest BCUT2D eigenvalue weighted by molar-refractivity contribution is 0.0760. The van der Waals surface area contributed by atoms with E-state index in [1.807, 2.05) is 19.3 Å². The van der Waals surface area contributed by atoms with Gasteiger partial charge in [0, 0.05) is 26.3 Å². The van der Waals surface area contributed by atoms with Crippen LogP contribution in [0.4, 0.5) is 0 Å². The number of carbonyl (C=O) groups is 1. The van der Waals surface area contributed by atoms with E-state index in [2.05, 4.69) is 4.90 Å². The largest absolute Gasteiger partial charge is 0.455 e. The summed E-state index contributed by atoms with van der Waals surface area (Å²) in [4.78, 5) is 13.5. The van der Waals surface area contributed by atoms with Gasteiger partial charge in [-0.3, -0.25) is 15.1 Å². The zero-order valence-electron chi connectivity index (χ0n) is 12.8. The van der Waals surface area contributed by atoms with Gasteiger partial charge in [-0.1, -0.05) is 0 Å². The van der Waals surface area contributed by atoms with Crippen LogP contribution in [-0.4, -0.2) is 50.3 Å². The third kappa shape index (κ3) is 6.72. The quantitative estimate of drug-likeness (QED) is 0.271. The fraction of sp³-hybridized carbons (Fsp3) is 0.643. The van der Waals surface area contributed by atoms with Gasteiger partial charge in [-0.05, 0) is 26.0 Å². The van der Waals surface area contributed by atoms with Gasteiger partial charge in [0.25, 0.3) is 0 Å². The van der Waals surface area contributed by atoms with Crippen LogP contribution in [0.15, 0.2) is 16.5 Å². The number of rotatable bonds is 11. The average Bonchev–Trinajstić information content (AvgIpc) is 2.95. The second kappa shape index (κ2) is 10.3. The Labute approximate surface area is 125 Å². The number of hydrogen-bond acceptors (Lipinski definition) is 6. The molecular formula is C14H25N3O4. The minimum Gasteiger partial charge on any atom is -0.455 e. The van der Waals surface area contributed by atoms with Crippen molar-refractivity contribution in [1.29, 1.82) is 0 Å². The van der Waals surface area contributed by atoms with E-state index < -0.39 is 5.91 Å². The lowest BCUT2D eigenvalue weighted by Gasteiger charge is -2.20. The van der Waals surface area contributed by atoms with Crippen molar-refractivity contribution in [2.75, 3.05) is 39.5 Å². The molecule has 0 saturated heterocycles. The monoisotopic (exact) mass is 299 g/mol. The van der Waals surface area contributed by atoms with E-state index in [0.29, 0.717) is 38.7 Å². The van der Waals surface area contributed by atoms with Crippen LogP contribution in [0.3, 0.4) is 0 Å². The molecule has 0 fully saturated rings. The van der Waals surface area contributed by atoms with Crippen molar-refractivity contribution >= 4 is 5.91 Å². The summed E-state index contributed by atoms with van der Waals surface area (Å²) >= 11 is 0. The Morgan fingerprint density at radius 1 is 1.24 bits per heavy atom. The highest BCUT2D eigenvalue weighted by atomic mass is 16.5. The second-order valence-corrected chi connectivity index (χ2v) is 4.41. The fourth-order valence-electron chi connectivity index (χ4n) is 1.82. The molecule has 1 amide bonds. The summed E-state index contributed by atoms with van der Waals surface area (Å²) in [6.07, 6.45) is 0. The van der Waals surface area contributed by atoms with Crippen LogP contribution in [0.5, 0.6) is 0 Å². The number of furan rings is 1. The van der Waals surface area contributed by atoms with Gasteiger partial charge < -0.3 is 13.9 Å². The van der Waals surface area contributed by atoms with Gasteiger partial charge in [0.15, 0.2) is 5.76 Å². The third-order valence-electron chi connectivity index (χ3n) is 2.91. The highest BCUT2D eigenvalue weighted by molar-refractivity contribution is 5.90. The number of nitrogen functional groups attached to an aromatic ring is 1. The summed E-state index contributed by atoms with van der Waals surface area (Å²) in [6.45, 7) is 8.78. The summed E-state index contributed by atoms with van der Waals surface area (Å²) in [5, 5.41) is 0. The van der Waals surface area contributed by atoms with Gasteiger partial charge in [0.1, 0.15) is 5.76 Å². The molecule has 0 saturated carbocycles. The lowest BCUT2D eigenvalue weighted by Crippen LogP contribution is -2.31. The summed E-state index contributed by atoms with van der Waals surface area (Å²) in [6, 6.07) is 3.39. The number of nitrogens with one attached hydrogen (secondary N) is 1. The van der Waals surface area contributed by atoms with E-state index in [9.17, 15) is 4.79 Å². The Kier molecular flexibility index (Phi) is 8.68. The van der Waals surface area contributed by atoms with Crippen molar-refractivity contribution in [3.8, 4) is 0 Å². The Hall–Kier alpha value is -1.41. The maximum atomic E-state index is 11.4. The minimum absolute atomic E-state index is 0.210. The first kappa shape index (κ1) is 17.6. The second-order valence-electron chi connectivity index (χ2n) is 4.41. The summed E-state index contributed by atoms with van der Waals surface area (Å²) in [7, 11) is 0. The molecule has 3 N–H and O–H groups in total. The molecular weight excluding hydrogens is 274 g/mol. The molecule has 0 unspecified atom stereocenters. The molecule has 7 nitrogen and oxygen atoms in total. The number of carbonyl (C=O) groups excluding carboxylic acids is 1. The van der Waals surface area contributed by atoms with Crippen LogP contribution < -0.4 is 11.3 Å². The fourth-order valence-corrected chi connectivity index (χ4v) is 1.82. The molecule has 0 radical (unpaired) electrons. The van der Waals surface area contributed by atoms with Crippen LogP contribution in [0, 0.1) is 0 Å². The molecule has 0 aliphatic carbocycles. The smallest absolute Gasteiger partial charge is 0.300 e. The SMILES string of the molecule is CCOCCN(CCOCC)Cc1ccc(C(=O)NN)o1. The highest BCUT2D eigenvalue weighted by Crippen LogP contribution is 2.10. The van der Waals surface area contributed by atoms with E-state index in [1.54, 1.807) is 12.1 Å². The summed E-state index contributed by atoms with van der Waals surface area (Å²) in [5.74, 6) is 5.56. The number of hydrazine groups is 1. The summed E-state index contributed by atoms with van der Waals surface area (Å²) < 4.78 is 16.2. The van der Waals surface area contributed by atoms with E-state index in [-0.39, 0.29) is 5.76 Å². The van der Waals surface area contributed by atoms with Crippen LogP contribution in [-0.2, 0) is 16.0 Å². The molecule has 0 spiro atoms. The van der Waals surface area contributed by atoms with Crippen LogP contribution in [0.1, 0.15) is 30.2 Å². The molecule has 0 atom stereocenters. The molecule has 1 aromatic heterocycles. The van der Waals surface area contributed by atoms with Crippen molar-refractivity contribution in [2.45, 2.75) is 20.4 Å². The molecule has 1 aromatic rings. The molecule has 0 bridgehead atoms. The number of amides is 1. The van der Waals surface area contributed by atoms with Crippen LogP contribution in [0.2, 0.25) is 0 Å². The number of nitrogens with zero attached hydrogens (tertiary/aromatic N) is 1. The first-order valence-electron chi connectivity index (χ1n) is 7.18. The maximum absolute atomic E-state index is 11.4. The molecule has 7 heteroatoms. The Morgan fingerprint density at radius 3 is 2.38 bits per heavy atom. The predicted octanol–water partition coefficient (Wildman–Crippen LogP) is 0.758. The molecule has 120 valence electrons. The lowest BCUT2D eigenvalue weighted by atomic mass is 10.3. The normalized spacial score (nSPS) is 11.0. The molecule has 21 heavy (non-hydrogen) atoms. The van der Waals surface area contributed by atoms with Crippen LogP contribution >= 0.6 is 0 Å². The Balaban J connectivity index is 2.52. The molecule has 0 aliphatic heterocycles. The van der Waals surface area contributed by atoms with Crippen molar-refractivity contribution in [1.82, 2.24) is 10.3 Å². The molecule has 1 heterocycles. The summed E-state index contributed by atoms with van der Waals surface area (Å²) in [5.41, 5.74) is 2.05. The number of hydrogen-bond donors (Lipinski definition) is 2. The molecule has 1 rings (SSSR count). The molecule has 0 aromatic carbocycles. The van der Waals surface area contributed by atoms with Gasteiger partial charge >= 0.3 is 5.91 Å². The maximum Gasteiger partial charge on any atom is 0.300 e. The number of nitrogens with two attached hydrogens (primary N) is 1. The highest BCUT2D eigenvalue weighted by Gasteiger charge is 2.12. The van der Waals surface area contributed by atoms with Crippen molar-refractivity contribution in [3.63, 3.8) is 0 Å². The molecule has 0 aliphatic rings. The van der Waals surface area contributed by atoms with Gasteiger partial charge in [0.2, 0.25) is 0 Å². The van der Waals surface area contributed by atoms with Gasteiger partial charge in [-0.25, -0.2) is 5.84 Å². The topological polar surface area (TPSA) is 90.0 Å². The Morgan fingerprint density at radius 2 is 1.86 bits per heavy atom. The van der Waals surface area contributed by atoms with Crippen molar-refractivity contribution in [3.05, 3.63) is 23.7 Å². The zero-order valence-corrected chi connectivity index (χ0v) is 12.8. The van der Waals surface area contributed by atoms with E-state index in [4.69, 9.17) is 19.7 Å². The van der Waals surface area contributed by atoms with Crippen LogP contribution in [0.25, 0.3) is 0 Å². The Bertz CT molecular complexity index is 399. The first-order valence-corrected chi connectivity index (χ1v) is 7.18.